The monoisotopic (exact) mass is 654 g/mol. The summed E-state index contributed by atoms with van der Waals surface area (Å²) >= 11 is 0. The standard InChI is InChI=1S/C44H79NO2/c1-5-7-9-11-13-15-17-19-21-23-25-27-29-31-33-35-37-44(46-42-39-41(45(3)4)40-43(42)47-44)38-36-34-32-30-28-26-24-22-20-18-16-14-12-10-8-6-2/h13-16,19-22,41-43H,5-12,17-18,23-40H2,1-4H3/b15-13-,16-14-,21-19-,22-20-/t42-,43-/m0/s1. The van der Waals surface area contributed by atoms with Gasteiger partial charge in [-0.05, 0) is 104 Å². The molecule has 1 heterocycles. The van der Waals surface area contributed by atoms with Gasteiger partial charge >= 0.3 is 0 Å². The molecule has 0 radical (unpaired) electrons. The predicted molar refractivity (Wildman–Crippen MR) is 207 cm³/mol. The van der Waals surface area contributed by atoms with E-state index in [1.54, 1.807) is 0 Å². The van der Waals surface area contributed by atoms with Gasteiger partial charge in [0.15, 0.2) is 5.79 Å². The van der Waals surface area contributed by atoms with Gasteiger partial charge in [-0.3, -0.25) is 0 Å². The van der Waals surface area contributed by atoms with E-state index in [4.69, 9.17) is 9.47 Å². The molecule has 1 aliphatic carbocycles. The largest absolute Gasteiger partial charge is 0.344 e. The molecule has 1 saturated heterocycles. The molecule has 0 N–H and O–H groups in total. The van der Waals surface area contributed by atoms with Crippen molar-refractivity contribution in [2.45, 2.75) is 218 Å². The molecule has 0 unspecified atom stereocenters. The normalized spacial score (nSPS) is 20.0. The lowest BCUT2D eigenvalue weighted by atomic mass is 9.98. The second-order valence-corrected chi connectivity index (χ2v) is 15.0. The molecule has 0 amide bonds. The molecule has 2 aliphatic rings. The van der Waals surface area contributed by atoms with Crippen LogP contribution in [0.3, 0.4) is 0 Å². The molecule has 47 heavy (non-hydrogen) atoms. The van der Waals surface area contributed by atoms with E-state index in [0.29, 0.717) is 18.2 Å². The zero-order valence-electron chi connectivity index (χ0n) is 31.9. The van der Waals surface area contributed by atoms with E-state index in [1.165, 1.54) is 141 Å². The number of rotatable bonds is 31. The van der Waals surface area contributed by atoms with Crippen molar-refractivity contribution in [3.8, 4) is 0 Å². The average Bonchev–Trinajstić information content (AvgIpc) is 3.61. The van der Waals surface area contributed by atoms with Gasteiger partial charge in [-0.2, -0.15) is 0 Å². The van der Waals surface area contributed by atoms with E-state index < -0.39 is 0 Å². The van der Waals surface area contributed by atoms with Crippen LogP contribution in [0, 0.1) is 0 Å². The van der Waals surface area contributed by atoms with Gasteiger partial charge in [0.25, 0.3) is 0 Å². The van der Waals surface area contributed by atoms with Crippen molar-refractivity contribution in [1.82, 2.24) is 4.90 Å². The zero-order chi connectivity index (χ0) is 33.7. The summed E-state index contributed by atoms with van der Waals surface area (Å²) in [6.45, 7) is 4.54. The molecule has 0 aromatic carbocycles. The second kappa shape index (κ2) is 28.7. The minimum atomic E-state index is -0.308. The number of hydrogen-bond donors (Lipinski definition) is 0. The Morgan fingerprint density at radius 1 is 0.468 bits per heavy atom. The highest BCUT2D eigenvalue weighted by molar-refractivity contribution is 4.97. The van der Waals surface area contributed by atoms with Gasteiger partial charge in [-0.15, -0.1) is 0 Å². The molecule has 1 saturated carbocycles. The molecule has 1 aliphatic heterocycles. The first kappa shape index (κ1) is 42.0. The minimum Gasteiger partial charge on any atom is -0.344 e. The summed E-state index contributed by atoms with van der Waals surface area (Å²) in [5, 5.41) is 0. The fourth-order valence-electron chi connectivity index (χ4n) is 7.31. The maximum absolute atomic E-state index is 6.83. The third kappa shape index (κ3) is 20.8. The molecule has 2 fully saturated rings. The Bertz CT molecular complexity index is 763. The molecule has 0 aromatic heterocycles. The van der Waals surface area contributed by atoms with Crippen LogP contribution in [-0.2, 0) is 9.47 Å². The fraction of sp³-hybridized carbons (Fsp3) is 0.818. The third-order valence-corrected chi connectivity index (χ3v) is 10.4. The Labute approximate surface area is 294 Å². The molecular weight excluding hydrogens is 574 g/mol. The summed E-state index contributed by atoms with van der Waals surface area (Å²) in [6.07, 6.45) is 55.0. The number of ether oxygens (including phenoxy) is 2. The smallest absolute Gasteiger partial charge is 0.169 e. The van der Waals surface area contributed by atoms with Crippen molar-refractivity contribution in [1.29, 1.82) is 0 Å². The van der Waals surface area contributed by atoms with Crippen molar-refractivity contribution in [2.75, 3.05) is 14.1 Å². The van der Waals surface area contributed by atoms with Crippen LogP contribution in [0.2, 0.25) is 0 Å². The molecule has 0 bridgehead atoms. The SMILES string of the molecule is CCCCC/C=C\C/C=C\CCCCCCCCC1(CCCCCCCC/C=C\C/C=C\CCCCC)O[C@H]2CC(N(C)C)C[C@@H]2O1. The van der Waals surface area contributed by atoms with Gasteiger partial charge in [0.1, 0.15) is 0 Å². The summed E-state index contributed by atoms with van der Waals surface area (Å²) in [7, 11) is 4.40. The van der Waals surface area contributed by atoms with Crippen LogP contribution in [0.15, 0.2) is 48.6 Å². The first-order chi connectivity index (χ1) is 23.1. The van der Waals surface area contributed by atoms with E-state index in [2.05, 4.69) is 81.5 Å². The van der Waals surface area contributed by atoms with Crippen LogP contribution in [0.1, 0.15) is 194 Å². The topological polar surface area (TPSA) is 21.7 Å². The van der Waals surface area contributed by atoms with Gasteiger partial charge in [-0.1, -0.05) is 140 Å². The highest BCUT2D eigenvalue weighted by atomic mass is 16.8. The van der Waals surface area contributed by atoms with Crippen molar-refractivity contribution >= 4 is 0 Å². The van der Waals surface area contributed by atoms with Crippen LogP contribution in [0.25, 0.3) is 0 Å². The first-order valence-electron chi connectivity index (χ1n) is 20.7. The third-order valence-electron chi connectivity index (χ3n) is 10.4. The second-order valence-electron chi connectivity index (χ2n) is 15.0. The Morgan fingerprint density at radius 2 is 0.809 bits per heavy atom. The van der Waals surface area contributed by atoms with E-state index in [9.17, 15) is 0 Å². The van der Waals surface area contributed by atoms with E-state index in [-0.39, 0.29) is 5.79 Å². The summed E-state index contributed by atoms with van der Waals surface area (Å²) in [4.78, 5) is 2.36. The van der Waals surface area contributed by atoms with Crippen LogP contribution in [0.4, 0.5) is 0 Å². The molecule has 272 valence electrons. The molecule has 3 heteroatoms. The maximum Gasteiger partial charge on any atom is 0.169 e. The quantitative estimate of drug-likeness (QED) is 0.0549. The zero-order valence-corrected chi connectivity index (χ0v) is 31.9. The number of hydrogen-bond acceptors (Lipinski definition) is 3. The molecule has 0 spiro atoms. The maximum atomic E-state index is 6.83. The van der Waals surface area contributed by atoms with E-state index in [0.717, 1.165) is 38.5 Å². The van der Waals surface area contributed by atoms with Gasteiger partial charge in [0.2, 0.25) is 0 Å². The lowest BCUT2D eigenvalue weighted by molar-refractivity contribution is -0.193. The van der Waals surface area contributed by atoms with Crippen LogP contribution >= 0.6 is 0 Å². The van der Waals surface area contributed by atoms with Crippen molar-refractivity contribution in [2.24, 2.45) is 0 Å². The van der Waals surface area contributed by atoms with Gasteiger partial charge < -0.3 is 14.4 Å². The predicted octanol–water partition coefficient (Wildman–Crippen LogP) is 13.6. The first-order valence-corrected chi connectivity index (χ1v) is 20.7. The highest BCUT2D eigenvalue weighted by Gasteiger charge is 2.51. The fourth-order valence-corrected chi connectivity index (χ4v) is 7.31. The number of unbranched alkanes of at least 4 members (excludes halogenated alkanes) is 18. The summed E-state index contributed by atoms with van der Waals surface area (Å²) in [5.74, 6) is -0.308. The van der Waals surface area contributed by atoms with Gasteiger partial charge in [0.05, 0.1) is 12.2 Å². The Morgan fingerprint density at radius 3 is 1.17 bits per heavy atom. The van der Waals surface area contributed by atoms with Gasteiger partial charge in [-0.25, -0.2) is 0 Å². The van der Waals surface area contributed by atoms with Crippen LogP contribution in [0.5, 0.6) is 0 Å². The van der Waals surface area contributed by atoms with Crippen molar-refractivity contribution in [3.63, 3.8) is 0 Å². The number of allylic oxidation sites excluding steroid dienone is 8. The Kier molecular flexibility index (Phi) is 25.6. The Balaban J connectivity index is 1.55. The van der Waals surface area contributed by atoms with Crippen molar-refractivity contribution < 1.29 is 9.47 Å². The molecule has 0 aromatic rings. The highest BCUT2D eigenvalue weighted by Crippen LogP contribution is 2.44. The summed E-state index contributed by atoms with van der Waals surface area (Å²) in [5.41, 5.74) is 0. The van der Waals surface area contributed by atoms with E-state index in [1.807, 2.05) is 0 Å². The van der Waals surface area contributed by atoms with Crippen LogP contribution < -0.4 is 0 Å². The van der Waals surface area contributed by atoms with Crippen LogP contribution in [-0.4, -0.2) is 43.0 Å². The lowest BCUT2D eigenvalue weighted by Crippen LogP contribution is -2.34. The lowest BCUT2D eigenvalue weighted by Gasteiger charge is -2.31. The Hall–Kier alpha value is -1.16. The van der Waals surface area contributed by atoms with E-state index >= 15 is 0 Å². The van der Waals surface area contributed by atoms with Gasteiger partial charge in [0, 0.05) is 18.9 Å². The summed E-state index contributed by atoms with van der Waals surface area (Å²) in [6, 6.07) is 0.603. The molecular formula is C44H79NO2. The molecule has 2 atom stereocenters. The molecule has 3 nitrogen and oxygen atoms in total. The average molecular weight is 654 g/mol. The number of fused-ring (bicyclic) bond motifs is 1. The summed E-state index contributed by atoms with van der Waals surface area (Å²) < 4.78 is 13.7. The van der Waals surface area contributed by atoms with Crippen molar-refractivity contribution in [3.05, 3.63) is 48.6 Å². The molecule has 2 rings (SSSR count). The minimum absolute atomic E-state index is 0.302. The number of nitrogens with zero attached hydrogens (tertiary/aromatic N) is 1.